The minimum Gasteiger partial charge on any atom is -0.389 e. The Hall–Kier alpha value is -1.90. The molecule has 1 aliphatic rings. The smallest absolute Gasteiger partial charge is 0.342 e. The Morgan fingerprint density at radius 2 is 1.28 bits per heavy atom. The Bertz CT molecular complexity index is 633. The van der Waals surface area contributed by atoms with Crippen molar-refractivity contribution in [1.82, 2.24) is 0 Å². The summed E-state index contributed by atoms with van der Waals surface area (Å²) in [5.41, 5.74) is 1.35. The summed E-state index contributed by atoms with van der Waals surface area (Å²) in [6, 6.07) is 9.43. The molecule has 160 valence electrons. The van der Waals surface area contributed by atoms with Crippen molar-refractivity contribution >= 4 is 11.9 Å². The molecule has 0 bridgehead atoms. The number of allylic oxidation sites excluding steroid dienone is 1. The minimum atomic E-state index is -0.550. The lowest BCUT2D eigenvalue weighted by atomic mass is 9.92. The first-order valence-corrected chi connectivity index (χ1v) is 11.7. The van der Waals surface area contributed by atoms with Crippen LogP contribution in [0.2, 0.25) is 0 Å². The molecular formula is C26H38O3. The Labute approximate surface area is 176 Å². The molecule has 0 amide bonds. The number of unbranched alkanes of at least 4 members (excludes halogenated alkanes) is 13. The molecule has 0 aliphatic carbocycles. The number of carbonyl (C=O) groups is 2. The zero-order valence-corrected chi connectivity index (χ0v) is 18.2. The second kappa shape index (κ2) is 14.1. The fourth-order valence-electron chi connectivity index (χ4n) is 4.04. The second-order valence-electron chi connectivity index (χ2n) is 8.24. The molecular weight excluding hydrogens is 360 g/mol. The molecule has 0 N–H and O–H groups in total. The molecule has 0 radical (unpaired) electrons. The first-order chi connectivity index (χ1) is 14.2. The van der Waals surface area contributed by atoms with E-state index in [1.54, 1.807) is 0 Å². The molecule has 1 saturated heterocycles. The Balaban J connectivity index is 1.55. The van der Waals surface area contributed by atoms with Crippen LogP contribution >= 0.6 is 0 Å². The molecule has 1 aromatic rings. The SMILES string of the molecule is CCCCCCCCCCCCCCC/C=C1\C(=O)OC(=O)C1c1ccccc1. The lowest BCUT2D eigenvalue weighted by molar-refractivity contribution is -0.151. The van der Waals surface area contributed by atoms with Gasteiger partial charge >= 0.3 is 11.9 Å². The summed E-state index contributed by atoms with van der Waals surface area (Å²) in [4.78, 5) is 24.1. The molecule has 1 fully saturated rings. The number of cyclic esters (lactones) is 2. The largest absolute Gasteiger partial charge is 0.389 e. The standard InChI is InChI=1S/C26H38O3/c1-2-3-4-5-6-7-8-9-10-11-12-13-14-18-21-23-24(26(28)29-25(23)27)22-19-16-15-17-20-22/h15-17,19-21,24H,2-14,18H2,1H3/b23-21-. The number of esters is 2. The molecule has 3 heteroatoms. The molecule has 1 atom stereocenters. The van der Waals surface area contributed by atoms with Gasteiger partial charge in [0.25, 0.3) is 0 Å². The van der Waals surface area contributed by atoms with E-state index in [-0.39, 0.29) is 0 Å². The number of hydrogen-bond acceptors (Lipinski definition) is 3. The predicted molar refractivity (Wildman–Crippen MR) is 119 cm³/mol. The van der Waals surface area contributed by atoms with Gasteiger partial charge in [-0.05, 0) is 18.4 Å². The van der Waals surface area contributed by atoms with Crippen LogP contribution < -0.4 is 0 Å². The van der Waals surface area contributed by atoms with Gasteiger partial charge in [-0.3, -0.25) is 4.79 Å². The van der Waals surface area contributed by atoms with Gasteiger partial charge in [-0.15, -0.1) is 0 Å². The highest BCUT2D eigenvalue weighted by molar-refractivity contribution is 6.10. The summed E-state index contributed by atoms with van der Waals surface area (Å²) in [5, 5.41) is 0. The summed E-state index contributed by atoms with van der Waals surface area (Å²) in [6.07, 6.45) is 20.0. The van der Waals surface area contributed by atoms with Crippen LogP contribution in [0.25, 0.3) is 0 Å². The van der Waals surface area contributed by atoms with Crippen LogP contribution in [-0.2, 0) is 14.3 Å². The maximum Gasteiger partial charge on any atom is 0.342 e. The van der Waals surface area contributed by atoms with Gasteiger partial charge in [-0.1, -0.05) is 120 Å². The molecule has 1 aliphatic heterocycles. The van der Waals surface area contributed by atoms with Crippen molar-refractivity contribution < 1.29 is 14.3 Å². The van der Waals surface area contributed by atoms with E-state index in [2.05, 4.69) is 6.92 Å². The average molecular weight is 399 g/mol. The van der Waals surface area contributed by atoms with Gasteiger partial charge in [-0.25, -0.2) is 4.79 Å². The zero-order valence-electron chi connectivity index (χ0n) is 18.2. The van der Waals surface area contributed by atoms with Gasteiger partial charge in [0.15, 0.2) is 0 Å². The number of rotatable bonds is 15. The normalized spacial score (nSPS) is 17.8. The zero-order chi connectivity index (χ0) is 20.7. The Morgan fingerprint density at radius 1 is 0.759 bits per heavy atom. The lowest BCUT2D eigenvalue weighted by Crippen LogP contribution is -2.07. The van der Waals surface area contributed by atoms with Crippen LogP contribution in [0, 0.1) is 0 Å². The van der Waals surface area contributed by atoms with Gasteiger partial charge in [0.1, 0.15) is 5.92 Å². The van der Waals surface area contributed by atoms with Crippen molar-refractivity contribution in [2.75, 3.05) is 0 Å². The van der Waals surface area contributed by atoms with E-state index in [0.717, 1.165) is 18.4 Å². The third kappa shape index (κ3) is 8.55. The van der Waals surface area contributed by atoms with Gasteiger partial charge < -0.3 is 4.74 Å². The third-order valence-corrected chi connectivity index (χ3v) is 5.78. The summed E-state index contributed by atoms with van der Waals surface area (Å²) < 4.78 is 4.86. The molecule has 1 unspecified atom stereocenters. The topological polar surface area (TPSA) is 43.4 Å². The van der Waals surface area contributed by atoms with E-state index in [1.165, 1.54) is 77.0 Å². The summed E-state index contributed by atoms with van der Waals surface area (Å²) in [6.45, 7) is 2.27. The first-order valence-electron chi connectivity index (χ1n) is 11.7. The van der Waals surface area contributed by atoms with E-state index >= 15 is 0 Å². The second-order valence-corrected chi connectivity index (χ2v) is 8.24. The molecule has 0 aromatic heterocycles. The van der Waals surface area contributed by atoms with Crippen LogP contribution in [0.5, 0.6) is 0 Å². The fourth-order valence-corrected chi connectivity index (χ4v) is 4.04. The molecule has 1 aromatic carbocycles. The van der Waals surface area contributed by atoms with Crippen molar-refractivity contribution in [1.29, 1.82) is 0 Å². The van der Waals surface area contributed by atoms with Crippen LogP contribution in [0.1, 0.15) is 108 Å². The van der Waals surface area contributed by atoms with Crippen LogP contribution in [0.4, 0.5) is 0 Å². The molecule has 0 saturated carbocycles. The van der Waals surface area contributed by atoms with E-state index < -0.39 is 17.9 Å². The van der Waals surface area contributed by atoms with Crippen LogP contribution in [-0.4, -0.2) is 11.9 Å². The summed E-state index contributed by atoms with van der Waals surface area (Å²) in [7, 11) is 0. The number of benzene rings is 1. The molecule has 2 rings (SSSR count). The van der Waals surface area contributed by atoms with Crippen molar-refractivity contribution in [2.24, 2.45) is 0 Å². The maximum atomic E-state index is 12.1. The molecule has 1 heterocycles. The average Bonchev–Trinajstić information content (AvgIpc) is 3.01. The van der Waals surface area contributed by atoms with Crippen LogP contribution in [0.3, 0.4) is 0 Å². The lowest BCUT2D eigenvalue weighted by Gasteiger charge is -2.07. The molecule has 3 nitrogen and oxygen atoms in total. The summed E-state index contributed by atoms with van der Waals surface area (Å²) in [5.74, 6) is -1.47. The fraction of sp³-hybridized carbons (Fsp3) is 0.615. The van der Waals surface area contributed by atoms with E-state index in [0.29, 0.717) is 5.57 Å². The Morgan fingerprint density at radius 3 is 1.83 bits per heavy atom. The quantitative estimate of drug-likeness (QED) is 0.135. The monoisotopic (exact) mass is 398 g/mol. The first kappa shape index (κ1) is 23.4. The van der Waals surface area contributed by atoms with Crippen molar-refractivity contribution in [3.8, 4) is 0 Å². The number of ether oxygens (including phenoxy) is 1. The summed E-state index contributed by atoms with van der Waals surface area (Å²) >= 11 is 0. The highest BCUT2D eigenvalue weighted by Gasteiger charge is 2.39. The third-order valence-electron chi connectivity index (χ3n) is 5.78. The maximum absolute atomic E-state index is 12.1. The van der Waals surface area contributed by atoms with E-state index in [1.807, 2.05) is 36.4 Å². The molecule has 29 heavy (non-hydrogen) atoms. The highest BCUT2D eigenvalue weighted by atomic mass is 16.6. The van der Waals surface area contributed by atoms with Gasteiger partial charge in [0, 0.05) is 0 Å². The van der Waals surface area contributed by atoms with Gasteiger partial charge in [-0.2, -0.15) is 0 Å². The van der Waals surface area contributed by atoms with E-state index in [9.17, 15) is 9.59 Å². The number of hydrogen-bond donors (Lipinski definition) is 0. The van der Waals surface area contributed by atoms with E-state index in [4.69, 9.17) is 4.74 Å². The predicted octanol–water partition coefficient (Wildman–Crippen LogP) is 7.26. The van der Waals surface area contributed by atoms with Crippen LogP contribution in [0.15, 0.2) is 42.0 Å². The van der Waals surface area contributed by atoms with Crippen molar-refractivity contribution in [3.63, 3.8) is 0 Å². The van der Waals surface area contributed by atoms with Crippen molar-refractivity contribution in [2.45, 2.75) is 103 Å². The minimum absolute atomic E-state index is 0.446. The van der Waals surface area contributed by atoms with Gasteiger partial charge in [0.2, 0.25) is 0 Å². The van der Waals surface area contributed by atoms with Gasteiger partial charge in [0.05, 0.1) is 5.57 Å². The number of carbonyl (C=O) groups excluding carboxylic acids is 2. The van der Waals surface area contributed by atoms with Crippen molar-refractivity contribution in [3.05, 3.63) is 47.5 Å². The Kier molecular flexibility index (Phi) is 11.4. The molecule has 0 spiro atoms. The highest BCUT2D eigenvalue weighted by Crippen LogP contribution is 2.33.